The predicted octanol–water partition coefficient (Wildman–Crippen LogP) is 3.52. The van der Waals surface area contributed by atoms with Gasteiger partial charge in [-0.05, 0) is 50.6 Å². The van der Waals surface area contributed by atoms with Crippen LogP contribution in [0.1, 0.15) is 22.5 Å². The lowest BCUT2D eigenvalue weighted by molar-refractivity contribution is 0.627. The summed E-state index contributed by atoms with van der Waals surface area (Å²) >= 11 is 5.07. The van der Waals surface area contributed by atoms with Crippen molar-refractivity contribution in [3.8, 4) is 0 Å². The van der Waals surface area contributed by atoms with Gasteiger partial charge in [0.25, 0.3) is 0 Å². The van der Waals surface area contributed by atoms with Crippen LogP contribution in [-0.4, -0.2) is 9.97 Å². The van der Waals surface area contributed by atoms with E-state index in [0.29, 0.717) is 11.3 Å². The van der Waals surface area contributed by atoms with Crippen LogP contribution in [0.15, 0.2) is 24.3 Å². The van der Waals surface area contributed by atoms with Gasteiger partial charge in [0.1, 0.15) is 10.8 Å². The predicted molar refractivity (Wildman–Crippen MR) is 84.0 cm³/mol. The first-order chi connectivity index (χ1) is 9.36. The molecule has 2 rings (SSSR count). The second kappa shape index (κ2) is 5.54. The van der Waals surface area contributed by atoms with Gasteiger partial charge in [0.15, 0.2) is 0 Å². The van der Waals surface area contributed by atoms with Gasteiger partial charge in [0, 0.05) is 17.1 Å². The minimum absolute atomic E-state index is 0.269. The Balaban J connectivity index is 2.49. The first-order valence-electron chi connectivity index (χ1n) is 6.19. The molecule has 20 heavy (non-hydrogen) atoms. The Kier molecular flexibility index (Phi) is 3.99. The van der Waals surface area contributed by atoms with Crippen LogP contribution < -0.4 is 11.1 Å². The molecule has 0 spiro atoms. The Morgan fingerprint density at radius 1 is 1.20 bits per heavy atom. The van der Waals surface area contributed by atoms with Gasteiger partial charge in [0.05, 0.1) is 11.3 Å². The Hall–Kier alpha value is -2.01. The number of hydrogen-bond donors (Lipinski definition) is 2. The van der Waals surface area contributed by atoms with Gasteiger partial charge in [-0.25, -0.2) is 4.39 Å². The summed E-state index contributed by atoms with van der Waals surface area (Å²) in [5.41, 5.74) is 10.3. The van der Waals surface area contributed by atoms with E-state index in [1.165, 1.54) is 12.1 Å². The van der Waals surface area contributed by atoms with Crippen molar-refractivity contribution in [2.45, 2.75) is 20.8 Å². The van der Waals surface area contributed by atoms with Gasteiger partial charge < -0.3 is 11.1 Å². The Bertz CT molecular complexity index is 663. The summed E-state index contributed by atoms with van der Waals surface area (Å²) in [6.45, 7) is 5.58. The van der Waals surface area contributed by atoms with Crippen molar-refractivity contribution in [1.82, 2.24) is 4.98 Å². The molecule has 3 nitrogen and oxygen atoms in total. The van der Waals surface area contributed by atoms with E-state index >= 15 is 0 Å². The molecule has 0 fully saturated rings. The van der Waals surface area contributed by atoms with Crippen molar-refractivity contribution >= 4 is 28.6 Å². The third kappa shape index (κ3) is 3.11. The highest BCUT2D eigenvalue weighted by Crippen LogP contribution is 2.25. The summed E-state index contributed by atoms with van der Waals surface area (Å²) in [5.74, 6) is -0.285. The average Bonchev–Trinajstić information content (AvgIpc) is 2.25. The number of hydrogen-bond acceptors (Lipinski definition) is 3. The van der Waals surface area contributed by atoms with E-state index in [1.54, 1.807) is 0 Å². The number of nitrogens with one attached hydrogen (secondary N) is 1. The standard InChI is InChI=1S/C15H16FN3S/c1-8-4-11(16)7-12(5-8)19-13-6-9(2)18-10(3)14(13)15(17)20/h4-7H,1-3H3,(H2,17,20)(H,18,19). The van der Waals surface area contributed by atoms with E-state index in [1.807, 2.05) is 32.9 Å². The number of thiocarbonyl (C=S) groups is 1. The minimum Gasteiger partial charge on any atom is -0.389 e. The van der Waals surface area contributed by atoms with Crippen molar-refractivity contribution in [2.75, 3.05) is 5.32 Å². The Morgan fingerprint density at radius 2 is 1.90 bits per heavy atom. The van der Waals surface area contributed by atoms with E-state index in [-0.39, 0.29) is 10.8 Å². The molecule has 0 unspecified atom stereocenters. The number of rotatable bonds is 3. The van der Waals surface area contributed by atoms with Crippen LogP contribution in [-0.2, 0) is 0 Å². The molecule has 0 aliphatic heterocycles. The fourth-order valence-corrected chi connectivity index (χ4v) is 2.46. The third-order valence-corrected chi connectivity index (χ3v) is 3.10. The van der Waals surface area contributed by atoms with Gasteiger partial charge in [0.2, 0.25) is 0 Å². The molecular formula is C15H16FN3S. The maximum atomic E-state index is 13.4. The van der Waals surface area contributed by atoms with Crippen LogP contribution in [0.3, 0.4) is 0 Å². The molecular weight excluding hydrogens is 273 g/mol. The fraction of sp³-hybridized carbons (Fsp3) is 0.200. The molecule has 1 aromatic heterocycles. The average molecular weight is 289 g/mol. The summed E-state index contributed by atoms with van der Waals surface area (Å²) in [5, 5.41) is 3.17. The molecule has 0 bridgehead atoms. The van der Waals surface area contributed by atoms with Crippen LogP contribution in [0.5, 0.6) is 0 Å². The first kappa shape index (κ1) is 14.4. The summed E-state index contributed by atoms with van der Waals surface area (Å²) < 4.78 is 13.4. The number of aromatic nitrogens is 1. The molecule has 0 saturated heterocycles. The lowest BCUT2D eigenvalue weighted by Crippen LogP contribution is -2.15. The Labute approximate surface area is 123 Å². The van der Waals surface area contributed by atoms with Crippen LogP contribution in [0, 0.1) is 26.6 Å². The zero-order chi connectivity index (χ0) is 14.9. The molecule has 0 aliphatic carbocycles. The van der Waals surface area contributed by atoms with Crippen LogP contribution in [0.25, 0.3) is 0 Å². The lowest BCUT2D eigenvalue weighted by atomic mass is 10.1. The molecule has 3 N–H and O–H groups in total. The number of aryl methyl sites for hydroxylation is 3. The van der Waals surface area contributed by atoms with E-state index < -0.39 is 0 Å². The van der Waals surface area contributed by atoms with Crippen LogP contribution in [0.2, 0.25) is 0 Å². The molecule has 104 valence electrons. The molecule has 1 aromatic carbocycles. The van der Waals surface area contributed by atoms with Gasteiger partial charge in [-0.3, -0.25) is 4.98 Å². The van der Waals surface area contributed by atoms with E-state index in [2.05, 4.69) is 10.3 Å². The zero-order valence-corrected chi connectivity index (χ0v) is 12.4. The van der Waals surface area contributed by atoms with Crippen LogP contribution in [0.4, 0.5) is 15.8 Å². The number of nitrogens with zero attached hydrogens (tertiary/aromatic N) is 1. The van der Waals surface area contributed by atoms with E-state index in [0.717, 1.165) is 22.6 Å². The lowest BCUT2D eigenvalue weighted by Gasteiger charge is -2.14. The number of benzene rings is 1. The van der Waals surface area contributed by atoms with E-state index in [4.69, 9.17) is 18.0 Å². The van der Waals surface area contributed by atoms with Gasteiger partial charge >= 0.3 is 0 Å². The SMILES string of the molecule is Cc1cc(F)cc(Nc2cc(C)nc(C)c2C(N)=S)c1. The monoisotopic (exact) mass is 289 g/mol. The van der Waals surface area contributed by atoms with Crippen molar-refractivity contribution in [3.63, 3.8) is 0 Å². The molecule has 5 heteroatoms. The zero-order valence-electron chi connectivity index (χ0n) is 11.6. The van der Waals surface area contributed by atoms with Gasteiger partial charge in [-0.15, -0.1) is 0 Å². The molecule has 0 aliphatic rings. The van der Waals surface area contributed by atoms with Gasteiger partial charge in [-0.1, -0.05) is 12.2 Å². The number of nitrogens with two attached hydrogens (primary N) is 1. The highest BCUT2D eigenvalue weighted by Gasteiger charge is 2.11. The molecule has 0 saturated carbocycles. The maximum Gasteiger partial charge on any atom is 0.125 e. The fourth-order valence-electron chi connectivity index (χ4n) is 2.20. The van der Waals surface area contributed by atoms with Gasteiger partial charge in [-0.2, -0.15) is 0 Å². The Morgan fingerprint density at radius 3 is 2.50 bits per heavy atom. The molecule has 0 amide bonds. The summed E-state index contributed by atoms with van der Waals surface area (Å²) in [7, 11) is 0. The first-order valence-corrected chi connectivity index (χ1v) is 6.60. The highest BCUT2D eigenvalue weighted by molar-refractivity contribution is 7.80. The summed E-state index contributed by atoms with van der Waals surface area (Å²) in [6.07, 6.45) is 0. The maximum absolute atomic E-state index is 13.4. The third-order valence-electron chi connectivity index (χ3n) is 2.90. The van der Waals surface area contributed by atoms with Crippen molar-refractivity contribution in [2.24, 2.45) is 5.73 Å². The largest absolute Gasteiger partial charge is 0.389 e. The molecule has 1 heterocycles. The second-order valence-corrected chi connectivity index (χ2v) is 5.22. The van der Waals surface area contributed by atoms with Crippen molar-refractivity contribution in [3.05, 3.63) is 52.6 Å². The normalized spacial score (nSPS) is 10.4. The molecule has 0 atom stereocenters. The highest BCUT2D eigenvalue weighted by atomic mass is 32.1. The topological polar surface area (TPSA) is 50.9 Å². The van der Waals surface area contributed by atoms with Crippen LogP contribution >= 0.6 is 12.2 Å². The number of halogens is 1. The molecule has 0 radical (unpaired) electrons. The van der Waals surface area contributed by atoms with E-state index in [9.17, 15) is 4.39 Å². The molecule has 2 aromatic rings. The second-order valence-electron chi connectivity index (χ2n) is 4.78. The summed E-state index contributed by atoms with van der Waals surface area (Å²) in [6, 6.07) is 6.61. The summed E-state index contributed by atoms with van der Waals surface area (Å²) in [4.78, 5) is 4.62. The smallest absolute Gasteiger partial charge is 0.125 e. The quantitative estimate of drug-likeness (QED) is 0.849. The van der Waals surface area contributed by atoms with Crippen molar-refractivity contribution < 1.29 is 4.39 Å². The minimum atomic E-state index is -0.285. The number of anilines is 2. The number of pyridine rings is 1. The van der Waals surface area contributed by atoms with Crippen molar-refractivity contribution in [1.29, 1.82) is 0 Å².